The van der Waals surface area contributed by atoms with Crippen molar-refractivity contribution in [3.8, 4) is 0 Å². The number of halogens is 1. The number of nitrogens with zero attached hydrogens (tertiary/aromatic N) is 2. The average molecular weight is 389 g/mol. The third kappa shape index (κ3) is 4.46. The first kappa shape index (κ1) is 17.3. The van der Waals surface area contributed by atoms with Gasteiger partial charge in [-0.05, 0) is 47.3 Å². The molecule has 5 nitrogen and oxygen atoms in total. The van der Waals surface area contributed by atoms with E-state index < -0.39 is 10.0 Å². The molecule has 7 heteroatoms. The first-order valence-corrected chi connectivity index (χ1v) is 10.0. The second-order valence-electron chi connectivity index (χ2n) is 5.48. The largest absolute Gasteiger partial charge is 0.343 e. The Morgan fingerprint density at radius 2 is 1.86 bits per heavy atom. The van der Waals surface area contributed by atoms with E-state index in [1.165, 1.54) is 4.31 Å². The van der Waals surface area contributed by atoms with Gasteiger partial charge in [-0.15, -0.1) is 0 Å². The van der Waals surface area contributed by atoms with Crippen LogP contribution in [0.2, 0.25) is 0 Å². The van der Waals surface area contributed by atoms with Crippen molar-refractivity contribution in [2.24, 2.45) is 0 Å². The highest BCUT2D eigenvalue weighted by atomic mass is 79.9. The molecule has 0 atom stereocenters. The third-order valence-corrected chi connectivity index (χ3v) is 5.61. The molecule has 1 heterocycles. The highest BCUT2D eigenvalue weighted by molar-refractivity contribution is 9.10. The van der Waals surface area contributed by atoms with Crippen LogP contribution in [-0.4, -0.2) is 45.1 Å². The summed E-state index contributed by atoms with van der Waals surface area (Å²) in [7, 11) is -3.43. The molecule has 1 aliphatic rings. The Morgan fingerprint density at radius 3 is 2.45 bits per heavy atom. The lowest BCUT2D eigenvalue weighted by Crippen LogP contribution is -2.39. The van der Waals surface area contributed by atoms with Crippen molar-refractivity contribution in [1.29, 1.82) is 0 Å². The van der Waals surface area contributed by atoms with Gasteiger partial charge in [0.1, 0.15) is 0 Å². The lowest BCUT2D eigenvalue weighted by Gasteiger charge is -2.28. The quantitative estimate of drug-likeness (QED) is 0.778. The molecule has 0 saturated carbocycles. The Balaban J connectivity index is 2.08. The minimum Gasteiger partial charge on any atom is -0.343 e. The zero-order valence-electron chi connectivity index (χ0n) is 12.7. The Labute approximate surface area is 140 Å². The predicted molar refractivity (Wildman–Crippen MR) is 91.4 cm³/mol. The molecular weight excluding hydrogens is 368 g/mol. The Kier molecular flexibility index (Phi) is 5.86. The average Bonchev–Trinajstić information content (AvgIpc) is 2.48. The second-order valence-corrected chi connectivity index (χ2v) is 8.24. The molecule has 22 heavy (non-hydrogen) atoms. The van der Waals surface area contributed by atoms with Gasteiger partial charge in [0.15, 0.2) is 0 Å². The maximum Gasteiger partial charge on any atom is 0.232 e. The Bertz CT molecular complexity index is 627. The number of hydrogen-bond donors (Lipinski definition) is 0. The monoisotopic (exact) mass is 388 g/mol. The maximum atomic E-state index is 12.2. The lowest BCUT2D eigenvalue weighted by atomic mass is 10.1. The van der Waals surface area contributed by atoms with Crippen molar-refractivity contribution in [3.05, 3.63) is 28.7 Å². The SMILES string of the molecule is CS(=O)(=O)N(CCC(=O)N1CCCCC1)c1ccccc1Br. The van der Waals surface area contributed by atoms with Gasteiger partial charge >= 0.3 is 0 Å². The number of carbonyl (C=O) groups excluding carboxylic acids is 1. The highest BCUT2D eigenvalue weighted by Gasteiger charge is 2.22. The van der Waals surface area contributed by atoms with Gasteiger partial charge in [0.25, 0.3) is 0 Å². The van der Waals surface area contributed by atoms with Gasteiger partial charge in [-0.2, -0.15) is 0 Å². The minimum absolute atomic E-state index is 0.0282. The van der Waals surface area contributed by atoms with Crippen LogP contribution < -0.4 is 4.31 Å². The fourth-order valence-electron chi connectivity index (χ4n) is 2.62. The number of amides is 1. The van der Waals surface area contributed by atoms with Crippen molar-refractivity contribution in [1.82, 2.24) is 4.90 Å². The summed E-state index contributed by atoms with van der Waals surface area (Å²) >= 11 is 3.37. The Morgan fingerprint density at radius 1 is 1.23 bits per heavy atom. The summed E-state index contributed by atoms with van der Waals surface area (Å²) in [6.07, 6.45) is 4.60. The molecule has 1 aromatic carbocycles. The normalized spacial score (nSPS) is 15.6. The molecule has 122 valence electrons. The van der Waals surface area contributed by atoms with Crippen molar-refractivity contribution >= 4 is 37.5 Å². The molecule has 0 spiro atoms. The van der Waals surface area contributed by atoms with Gasteiger partial charge in [0.05, 0.1) is 11.9 Å². The van der Waals surface area contributed by atoms with E-state index in [9.17, 15) is 13.2 Å². The van der Waals surface area contributed by atoms with Crippen LogP contribution in [0, 0.1) is 0 Å². The van der Waals surface area contributed by atoms with Gasteiger partial charge < -0.3 is 4.90 Å². The molecular formula is C15H21BrN2O3S. The van der Waals surface area contributed by atoms with Crippen LogP contribution in [-0.2, 0) is 14.8 Å². The number of benzene rings is 1. The van der Waals surface area contributed by atoms with E-state index in [4.69, 9.17) is 0 Å². The standard InChI is InChI=1S/C15H21BrN2O3S/c1-22(20,21)18(14-8-4-3-7-13(14)16)12-9-15(19)17-10-5-2-6-11-17/h3-4,7-8H,2,5-6,9-12H2,1H3. The summed E-state index contributed by atoms with van der Waals surface area (Å²) in [4.78, 5) is 14.1. The molecule has 0 bridgehead atoms. The summed E-state index contributed by atoms with van der Waals surface area (Å²) in [5.41, 5.74) is 0.566. The number of rotatable bonds is 5. The van der Waals surface area contributed by atoms with Gasteiger partial charge in [-0.1, -0.05) is 12.1 Å². The summed E-state index contributed by atoms with van der Waals surface area (Å²) in [6.45, 7) is 1.73. The van der Waals surface area contributed by atoms with E-state index in [0.717, 1.165) is 38.6 Å². The fraction of sp³-hybridized carbons (Fsp3) is 0.533. The van der Waals surface area contributed by atoms with E-state index >= 15 is 0 Å². The van der Waals surface area contributed by atoms with Gasteiger partial charge in [0.2, 0.25) is 15.9 Å². The smallest absolute Gasteiger partial charge is 0.232 e. The lowest BCUT2D eigenvalue weighted by molar-refractivity contribution is -0.131. The molecule has 0 unspecified atom stereocenters. The predicted octanol–water partition coefficient (Wildman–Crippen LogP) is 2.62. The summed E-state index contributed by atoms with van der Waals surface area (Å²) < 4.78 is 26.1. The molecule has 1 aliphatic heterocycles. The van der Waals surface area contributed by atoms with E-state index in [2.05, 4.69) is 15.9 Å². The van der Waals surface area contributed by atoms with Crippen LogP contribution in [0.1, 0.15) is 25.7 Å². The molecule has 2 rings (SSSR count). The first-order valence-electron chi connectivity index (χ1n) is 7.39. The number of piperidine rings is 1. The van der Waals surface area contributed by atoms with Crippen molar-refractivity contribution < 1.29 is 13.2 Å². The van der Waals surface area contributed by atoms with Crippen LogP contribution in [0.3, 0.4) is 0 Å². The minimum atomic E-state index is -3.43. The van der Waals surface area contributed by atoms with E-state index in [0.29, 0.717) is 10.2 Å². The molecule has 0 radical (unpaired) electrons. The van der Waals surface area contributed by atoms with Crippen LogP contribution in [0.4, 0.5) is 5.69 Å². The molecule has 0 N–H and O–H groups in total. The zero-order valence-corrected chi connectivity index (χ0v) is 15.1. The molecule has 1 fully saturated rings. The molecule has 1 aromatic rings. The molecule has 1 saturated heterocycles. The number of carbonyl (C=O) groups is 1. The summed E-state index contributed by atoms with van der Waals surface area (Å²) in [5, 5.41) is 0. The molecule has 0 aliphatic carbocycles. The van der Waals surface area contributed by atoms with E-state index in [-0.39, 0.29) is 18.9 Å². The number of para-hydroxylation sites is 1. The van der Waals surface area contributed by atoms with E-state index in [1.54, 1.807) is 18.2 Å². The van der Waals surface area contributed by atoms with Gasteiger partial charge in [-0.3, -0.25) is 9.10 Å². The number of sulfonamides is 1. The van der Waals surface area contributed by atoms with Crippen LogP contribution in [0.25, 0.3) is 0 Å². The molecule has 0 aromatic heterocycles. The van der Waals surface area contributed by atoms with E-state index in [1.807, 2.05) is 11.0 Å². The fourth-order valence-corrected chi connectivity index (χ4v) is 4.17. The first-order chi connectivity index (χ1) is 10.4. The number of hydrogen-bond acceptors (Lipinski definition) is 3. The molecule has 1 amide bonds. The van der Waals surface area contributed by atoms with Crippen LogP contribution in [0.15, 0.2) is 28.7 Å². The second kappa shape index (κ2) is 7.46. The number of likely N-dealkylation sites (tertiary alicyclic amines) is 1. The topological polar surface area (TPSA) is 57.7 Å². The summed E-state index contributed by atoms with van der Waals surface area (Å²) in [6, 6.07) is 7.13. The van der Waals surface area contributed by atoms with Gasteiger partial charge in [-0.25, -0.2) is 8.42 Å². The highest BCUT2D eigenvalue weighted by Crippen LogP contribution is 2.27. The number of anilines is 1. The summed E-state index contributed by atoms with van der Waals surface area (Å²) in [5.74, 6) is 0.0282. The van der Waals surface area contributed by atoms with Crippen LogP contribution in [0.5, 0.6) is 0 Å². The van der Waals surface area contributed by atoms with Gasteiger partial charge in [0, 0.05) is 30.5 Å². The maximum absolute atomic E-state index is 12.2. The van der Waals surface area contributed by atoms with Crippen molar-refractivity contribution in [2.75, 3.05) is 30.2 Å². The van der Waals surface area contributed by atoms with Crippen molar-refractivity contribution in [2.45, 2.75) is 25.7 Å². The third-order valence-electron chi connectivity index (χ3n) is 3.76. The Hall–Kier alpha value is -1.08. The van der Waals surface area contributed by atoms with Crippen LogP contribution >= 0.6 is 15.9 Å². The van der Waals surface area contributed by atoms with Crippen molar-refractivity contribution in [3.63, 3.8) is 0 Å². The zero-order chi connectivity index (χ0) is 16.2.